The molecule has 12 heteroatoms. The Labute approximate surface area is 203 Å². The topological polar surface area (TPSA) is 88.0 Å². The number of alkyl halides is 3. The number of benzene rings is 2. The van der Waals surface area contributed by atoms with Gasteiger partial charge in [0.15, 0.2) is 11.5 Å². The molecule has 2 N–H and O–H groups in total. The fraction of sp³-hybridized carbons (Fsp3) is 0.250. The lowest BCUT2D eigenvalue weighted by molar-refractivity contribution is -0.186. The van der Waals surface area contributed by atoms with Crippen molar-refractivity contribution in [3.63, 3.8) is 0 Å². The number of aryl methyl sites for hydroxylation is 2. The van der Waals surface area contributed by atoms with E-state index in [9.17, 15) is 22.4 Å². The predicted molar refractivity (Wildman–Crippen MR) is 126 cm³/mol. The standard InChI is InChI=1S/C24H21F4N7O/c1-13-9-16(25)4-6-19(13)31-20-18-11-29-23(32-21(18)34(2)33-20)30-17-5-3-14-7-8-35(12-15(14)10-17)22(36)24(26,27)28/h3-6,9-11H,7-8,12H2,1-2H3,(H,31,33)(H,29,30,32). The minimum absolute atomic E-state index is 0.0200. The van der Waals surface area contributed by atoms with E-state index in [1.807, 2.05) is 6.07 Å². The average molecular weight is 499 g/mol. The number of carbonyl (C=O) groups is 1. The van der Waals surface area contributed by atoms with Crippen LogP contribution in [0.4, 0.5) is 40.7 Å². The molecule has 0 unspecified atom stereocenters. The van der Waals surface area contributed by atoms with Gasteiger partial charge in [0.05, 0.1) is 5.39 Å². The number of hydrogen-bond donors (Lipinski definition) is 2. The lowest BCUT2D eigenvalue weighted by Crippen LogP contribution is -2.43. The number of halogens is 4. The van der Waals surface area contributed by atoms with E-state index < -0.39 is 12.1 Å². The summed E-state index contributed by atoms with van der Waals surface area (Å²) in [6.45, 7) is 1.68. The Morgan fingerprint density at radius 2 is 1.89 bits per heavy atom. The van der Waals surface area contributed by atoms with Gasteiger partial charge in [-0.15, -0.1) is 0 Å². The van der Waals surface area contributed by atoms with Crippen LogP contribution in [0.15, 0.2) is 42.6 Å². The van der Waals surface area contributed by atoms with Gasteiger partial charge in [0.25, 0.3) is 0 Å². The van der Waals surface area contributed by atoms with Crippen molar-refractivity contribution in [1.82, 2.24) is 24.6 Å². The Morgan fingerprint density at radius 3 is 2.64 bits per heavy atom. The fourth-order valence-electron chi connectivity index (χ4n) is 4.20. The second-order valence-electron chi connectivity index (χ2n) is 8.57. The van der Waals surface area contributed by atoms with Gasteiger partial charge in [-0.25, -0.2) is 14.1 Å². The Balaban J connectivity index is 1.37. The van der Waals surface area contributed by atoms with E-state index in [0.29, 0.717) is 40.2 Å². The molecule has 1 aliphatic heterocycles. The van der Waals surface area contributed by atoms with Gasteiger partial charge in [0.2, 0.25) is 5.95 Å². The molecule has 0 aliphatic carbocycles. The van der Waals surface area contributed by atoms with Crippen molar-refractivity contribution in [1.29, 1.82) is 0 Å². The van der Waals surface area contributed by atoms with Crippen molar-refractivity contribution in [2.45, 2.75) is 26.1 Å². The van der Waals surface area contributed by atoms with Gasteiger partial charge < -0.3 is 15.5 Å². The third kappa shape index (κ3) is 4.53. The summed E-state index contributed by atoms with van der Waals surface area (Å²) in [4.78, 5) is 21.3. The Morgan fingerprint density at radius 1 is 1.08 bits per heavy atom. The minimum atomic E-state index is -4.90. The van der Waals surface area contributed by atoms with Crippen molar-refractivity contribution in [3.8, 4) is 0 Å². The first-order chi connectivity index (χ1) is 17.1. The Hall–Kier alpha value is -4.22. The molecule has 0 bridgehead atoms. The van der Waals surface area contributed by atoms with E-state index in [-0.39, 0.29) is 24.9 Å². The van der Waals surface area contributed by atoms with E-state index in [1.54, 1.807) is 43.0 Å². The maximum Gasteiger partial charge on any atom is 0.471 e. The van der Waals surface area contributed by atoms with Crippen LogP contribution in [0.5, 0.6) is 0 Å². The first-order valence-electron chi connectivity index (χ1n) is 11.1. The number of nitrogens with zero attached hydrogens (tertiary/aromatic N) is 5. The highest BCUT2D eigenvalue weighted by Crippen LogP contribution is 2.29. The first-order valence-corrected chi connectivity index (χ1v) is 11.1. The van der Waals surface area contributed by atoms with E-state index in [2.05, 4.69) is 25.7 Å². The van der Waals surface area contributed by atoms with Crippen LogP contribution >= 0.6 is 0 Å². The molecule has 5 rings (SSSR count). The highest BCUT2D eigenvalue weighted by Gasteiger charge is 2.43. The third-order valence-electron chi connectivity index (χ3n) is 6.03. The SMILES string of the molecule is Cc1cc(F)ccc1Nc1nn(C)c2nc(Nc3ccc4c(c3)CN(C(=O)C(F)(F)F)CC4)ncc12. The van der Waals surface area contributed by atoms with E-state index in [1.165, 1.54) is 12.1 Å². The number of carbonyl (C=O) groups excluding carboxylic acids is 1. The predicted octanol–water partition coefficient (Wildman–Crippen LogP) is 4.75. The fourth-order valence-corrected chi connectivity index (χ4v) is 4.20. The summed E-state index contributed by atoms with van der Waals surface area (Å²) in [6, 6.07) is 9.72. The number of hydrogen-bond acceptors (Lipinski definition) is 6. The minimum Gasteiger partial charge on any atom is -0.338 e. The molecular weight excluding hydrogens is 478 g/mol. The first kappa shape index (κ1) is 23.5. The zero-order valence-electron chi connectivity index (χ0n) is 19.3. The molecule has 1 amide bonds. The lowest BCUT2D eigenvalue weighted by atomic mass is 9.99. The van der Waals surface area contributed by atoms with Crippen LogP contribution < -0.4 is 10.6 Å². The maximum absolute atomic E-state index is 13.4. The number of aromatic nitrogens is 4. The van der Waals surface area contributed by atoms with Crippen molar-refractivity contribution in [2.24, 2.45) is 7.05 Å². The molecule has 4 aromatic rings. The summed E-state index contributed by atoms with van der Waals surface area (Å²) < 4.78 is 53.6. The zero-order chi connectivity index (χ0) is 25.6. The summed E-state index contributed by atoms with van der Waals surface area (Å²) >= 11 is 0. The summed E-state index contributed by atoms with van der Waals surface area (Å²) in [6.07, 6.45) is -2.96. The smallest absolute Gasteiger partial charge is 0.338 e. The number of nitrogens with one attached hydrogen (secondary N) is 2. The van der Waals surface area contributed by atoms with Crippen LogP contribution in [0.2, 0.25) is 0 Å². The monoisotopic (exact) mass is 499 g/mol. The van der Waals surface area contributed by atoms with Crippen molar-refractivity contribution >= 4 is 40.1 Å². The normalized spacial score (nSPS) is 13.6. The lowest BCUT2D eigenvalue weighted by Gasteiger charge is -2.29. The molecule has 0 spiro atoms. The molecule has 0 atom stereocenters. The molecule has 1 aliphatic rings. The van der Waals surface area contributed by atoms with E-state index >= 15 is 0 Å². The van der Waals surface area contributed by atoms with Gasteiger partial charge in [0, 0.05) is 37.7 Å². The largest absolute Gasteiger partial charge is 0.471 e. The second-order valence-corrected chi connectivity index (χ2v) is 8.57. The Bertz CT molecular complexity index is 1480. The summed E-state index contributed by atoms with van der Waals surface area (Å²) in [5.74, 6) is -1.38. The maximum atomic E-state index is 13.4. The molecule has 186 valence electrons. The summed E-state index contributed by atoms with van der Waals surface area (Å²) in [5.41, 5.74) is 4.06. The van der Waals surface area contributed by atoms with Gasteiger partial charge in [-0.2, -0.15) is 23.3 Å². The van der Waals surface area contributed by atoms with Crippen LogP contribution in [0.1, 0.15) is 16.7 Å². The number of anilines is 4. The molecule has 0 radical (unpaired) electrons. The number of fused-ring (bicyclic) bond motifs is 2. The molecule has 0 fully saturated rings. The average Bonchev–Trinajstić information content (AvgIpc) is 3.14. The van der Waals surface area contributed by atoms with Crippen molar-refractivity contribution < 1.29 is 22.4 Å². The van der Waals surface area contributed by atoms with Crippen molar-refractivity contribution in [2.75, 3.05) is 17.2 Å². The van der Waals surface area contributed by atoms with Crippen LogP contribution in [-0.2, 0) is 24.8 Å². The van der Waals surface area contributed by atoms with E-state index in [0.717, 1.165) is 16.0 Å². The number of amides is 1. The van der Waals surface area contributed by atoms with Crippen LogP contribution in [0.25, 0.3) is 11.0 Å². The van der Waals surface area contributed by atoms with Crippen molar-refractivity contribution in [3.05, 3.63) is 65.1 Å². The number of rotatable bonds is 4. The molecule has 0 saturated heterocycles. The van der Waals surface area contributed by atoms with Gasteiger partial charge >= 0.3 is 12.1 Å². The quantitative estimate of drug-likeness (QED) is 0.394. The highest BCUT2D eigenvalue weighted by molar-refractivity contribution is 5.90. The van der Waals surface area contributed by atoms with Gasteiger partial charge in [0.1, 0.15) is 5.82 Å². The molecule has 3 heterocycles. The van der Waals surface area contributed by atoms with Crippen LogP contribution in [-0.4, -0.2) is 43.3 Å². The third-order valence-corrected chi connectivity index (χ3v) is 6.03. The van der Waals surface area contributed by atoms with E-state index in [4.69, 9.17) is 0 Å². The summed E-state index contributed by atoms with van der Waals surface area (Å²) in [5, 5.41) is 11.4. The molecule has 2 aromatic carbocycles. The van der Waals surface area contributed by atoms with Gasteiger partial charge in [-0.05, 0) is 60.4 Å². The van der Waals surface area contributed by atoms with Gasteiger partial charge in [-0.1, -0.05) is 6.07 Å². The highest BCUT2D eigenvalue weighted by atomic mass is 19.4. The van der Waals surface area contributed by atoms with Crippen LogP contribution in [0.3, 0.4) is 0 Å². The Kier molecular flexibility index (Phi) is 5.73. The zero-order valence-corrected chi connectivity index (χ0v) is 19.3. The molecular formula is C24H21F4N7O. The summed E-state index contributed by atoms with van der Waals surface area (Å²) in [7, 11) is 1.73. The van der Waals surface area contributed by atoms with Gasteiger partial charge in [-0.3, -0.25) is 4.79 Å². The van der Waals surface area contributed by atoms with Crippen LogP contribution in [0, 0.1) is 12.7 Å². The molecule has 2 aromatic heterocycles. The molecule has 0 saturated carbocycles. The molecule has 36 heavy (non-hydrogen) atoms. The second kappa shape index (κ2) is 8.77. The molecule has 8 nitrogen and oxygen atoms in total.